The van der Waals surface area contributed by atoms with E-state index < -0.39 is 5.97 Å². The fourth-order valence-corrected chi connectivity index (χ4v) is 2.08. The molecule has 2 unspecified atom stereocenters. The van der Waals surface area contributed by atoms with Crippen molar-refractivity contribution in [2.75, 3.05) is 0 Å². The summed E-state index contributed by atoms with van der Waals surface area (Å²) >= 11 is 0. The summed E-state index contributed by atoms with van der Waals surface area (Å²) in [6.07, 6.45) is 2.94. The number of hydrogen-bond acceptors (Lipinski definition) is 1. The number of carboxylic acid groups (broad SMARTS) is 1. The van der Waals surface area contributed by atoms with E-state index in [1.165, 1.54) is 0 Å². The van der Waals surface area contributed by atoms with Crippen LogP contribution in [0.25, 0.3) is 0 Å². The molecule has 0 saturated heterocycles. The first-order chi connectivity index (χ1) is 7.65. The van der Waals surface area contributed by atoms with Crippen LogP contribution in [0.4, 0.5) is 0 Å². The maximum atomic E-state index is 11.2. The third-order valence-electron chi connectivity index (χ3n) is 2.92. The third-order valence-corrected chi connectivity index (χ3v) is 2.92. The molecule has 0 amide bonds. The largest absolute Gasteiger partial charge is 0.481 e. The molecule has 2 heteroatoms. The van der Waals surface area contributed by atoms with E-state index >= 15 is 0 Å². The number of carboxylic acids is 1. The summed E-state index contributed by atoms with van der Waals surface area (Å²) in [5, 5.41) is 9.24. The molecule has 2 nitrogen and oxygen atoms in total. The van der Waals surface area contributed by atoms with Crippen LogP contribution in [0.3, 0.4) is 0 Å². The fraction of sp³-hybridized carbons (Fsp3) is 0.500. The van der Waals surface area contributed by atoms with Crippen molar-refractivity contribution in [2.24, 2.45) is 5.92 Å². The maximum absolute atomic E-state index is 11.2. The Kier molecular flexibility index (Phi) is 5.03. The zero-order valence-corrected chi connectivity index (χ0v) is 10.0. The number of benzene rings is 1. The molecule has 0 spiro atoms. The van der Waals surface area contributed by atoms with Gasteiger partial charge in [0.05, 0.1) is 5.92 Å². The van der Waals surface area contributed by atoms with E-state index in [-0.39, 0.29) is 5.92 Å². The lowest BCUT2D eigenvalue weighted by atomic mass is 9.88. The molecule has 0 fully saturated rings. The summed E-state index contributed by atoms with van der Waals surface area (Å²) in [7, 11) is 0. The van der Waals surface area contributed by atoms with Gasteiger partial charge < -0.3 is 5.11 Å². The SMILES string of the molecule is CCCC(C)CC(C(=O)O)c1ccccc1. The van der Waals surface area contributed by atoms with E-state index in [1.54, 1.807) is 0 Å². The molecule has 0 radical (unpaired) electrons. The van der Waals surface area contributed by atoms with Gasteiger partial charge in [0.2, 0.25) is 0 Å². The van der Waals surface area contributed by atoms with Gasteiger partial charge in [0.1, 0.15) is 0 Å². The van der Waals surface area contributed by atoms with Crippen LogP contribution in [-0.4, -0.2) is 11.1 Å². The minimum atomic E-state index is -0.714. The van der Waals surface area contributed by atoms with Crippen molar-refractivity contribution in [3.63, 3.8) is 0 Å². The van der Waals surface area contributed by atoms with E-state index in [4.69, 9.17) is 0 Å². The van der Waals surface area contributed by atoms with Gasteiger partial charge in [-0.3, -0.25) is 4.79 Å². The Hall–Kier alpha value is -1.31. The van der Waals surface area contributed by atoms with E-state index in [0.29, 0.717) is 5.92 Å². The molecule has 1 N–H and O–H groups in total. The van der Waals surface area contributed by atoms with Crippen LogP contribution in [0.15, 0.2) is 30.3 Å². The van der Waals surface area contributed by atoms with Crippen molar-refractivity contribution in [3.05, 3.63) is 35.9 Å². The maximum Gasteiger partial charge on any atom is 0.310 e. The predicted molar refractivity (Wildman–Crippen MR) is 65.5 cm³/mol. The van der Waals surface area contributed by atoms with Gasteiger partial charge in [0.25, 0.3) is 0 Å². The van der Waals surface area contributed by atoms with Crippen LogP contribution in [0.2, 0.25) is 0 Å². The number of hydrogen-bond donors (Lipinski definition) is 1. The summed E-state index contributed by atoms with van der Waals surface area (Å²) in [5.74, 6) is -0.608. The highest BCUT2D eigenvalue weighted by Gasteiger charge is 2.21. The minimum Gasteiger partial charge on any atom is -0.481 e. The van der Waals surface area contributed by atoms with Crippen LogP contribution in [-0.2, 0) is 4.79 Å². The normalized spacial score (nSPS) is 14.4. The Bertz CT molecular complexity index is 319. The molecule has 0 aromatic heterocycles. The molecule has 1 aromatic rings. The average Bonchev–Trinajstić information content (AvgIpc) is 2.27. The lowest BCUT2D eigenvalue weighted by Gasteiger charge is -2.17. The van der Waals surface area contributed by atoms with Crippen molar-refractivity contribution in [2.45, 2.75) is 39.0 Å². The van der Waals surface area contributed by atoms with Crippen molar-refractivity contribution in [3.8, 4) is 0 Å². The Morgan fingerprint density at radius 3 is 2.44 bits per heavy atom. The fourth-order valence-electron chi connectivity index (χ4n) is 2.08. The summed E-state index contributed by atoms with van der Waals surface area (Å²) in [6, 6.07) is 9.51. The first-order valence-corrected chi connectivity index (χ1v) is 5.92. The molecule has 0 bridgehead atoms. The Labute approximate surface area is 97.3 Å². The van der Waals surface area contributed by atoms with Gasteiger partial charge in [-0.15, -0.1) is 0 Å². The summed E-state index contributed by atoms with van der Waals surface area (Å²) in [6.45, 7) is 4.26. The molecule has 1 rings (SSSR count). The van der Waals surface area contributed by atoms with E-state index in [9.17, 15) is 9.90 Å². The van der Waals surface area contributed by atoms with Crippen LogP contribution >= 0.6 is 0 Å². The standard InChI is InChI=1S/C14H20O2/c1-3-7-11(2)10-13(14(15)16)12-8-5-4-6-9-12/h4-6,8-9,11,13H,3,7,10H2,1-2H3,(H,15,16). The van der Waals surface area contributed by atoms with Gasteiger partial charge in [-0.05, 0) is 17.9 Å². The molecule has 0 saturated carbocycles. The highest BCUT2D eigenvalue weighted by atomic mass is 16.4. The molecular formula is C14H20O2. The summed E-state index contributed by atoms with van der Waals surface area (Å²) in [4.78, 5) is 11.2. The summed E-state index contributed by atoms with van der Waals surface area (Å²) in [5.41, 5.74) is 0.915. The number of rotatable bonds is 6. The summed E-state index contributed by atoms with van der Waals surface area (Å²) < 4.78 is 0. The lowest BCUT2D eigenvalue weighted by Crippen LogP contribution is -2.14. The van der Waals surface area contributed by atoms with Crippen molar-refractivity contribution >= 4 is 5.97 Å². The topological polar surface area (TPSA) is 37.3 Å². The quantitative estimate of drug-likeness (QED) is 0.794. The van der Waals surface area contributed by atoms with E-state index in [2.05, 4.69) is 13.8 Å². The van der Waals surface area contributed by atoms with Gasteiger partial charge in [0, 0.05) is 0 Å². The van der Waals surface area contributed by atoms with Crippen LogP contribution < -0.4 is 0 Å². The second-order valence-electron chi connectivity index (χ2n) is 4.43. The van der Waals surface area contributed by atoms with Crippen LogP contribution in [0.1, 0.15) is 44.6 Å². The molecule has 1 aromatic carbocycles. The molecule has 0 aliphatic heterocycles. The van der Waals surface area contributed by atoms with Gasteiger partial charge in [-0.25, -0.2) is 0 Å². The highest BCUT2D eigenvalue weighted by Crippen LogP contribution is 2.26. The molecular weight excluding hydrogens is 200 g/mol. The van der Waals surface area contributed by atoms with Crippen molar-refractivity contribution in [1.29, 1.82) is 0 Å². The van der Waals surface area contributed by atoms with Crippen molar-refractivity contribution < 1.29 is 9.90 Å². The molecule has 16 heavy (non-hydrogen) atoms. The number of aliphatic carboxylic acids is 1. The zero-order chi connectivity index (χ0) is 12.0. The third kappa shape index (κ3) is 3.69. The second kappa shape index (κ2) is 6.31. The van der Waals surface area contributed by atoms with Crippen molar-refractivity contribution in [1.82, 2.24) is 0 Å². The van der Waals surface area contributed by atoms with Gasteiger partial charge in [0.15, 0.2) is 0 Å². The first-order valence-electron chi connectivity index (χ1n) is 5.92. The predicted octanol–water partition coefficient (Wildman–Crippen LogP) is 3.68. The Balaban J connectivity index is 2.73. The lowest BCUT2D eigenvalue weighted by molar-refractivity contribution is -0.139. The highest BCUT2D eigenvalue weighted by molar-refractivity contribution is 5.76. The Morgan fingerprint density at radius 2 is 1.94 bits per heavy atom. The molecule has 0 heterocycles. The monoisotopic (exact) mass is 220 g/mol. The molecule has 88 valence electrons. The smallest absolute Gasteiger partial charge is 0.310 e. The molecule has 0 aliphatic carbocycles. The molecule has 0 aliphatic rings. The van der Waals surface area contributed by atoms with Crippen LogP contribution in [0.5, 0.6) is 0 Å². The van der Waals surface area contributed by atoms with Gasteiger partial charge in [-0.2, -0.15) is 0 Å². The second-order valence-corrected chi connectivity index (χ2v) is 4.43. The zero-order valence-electron chi connectivity index (χ0n) is 10.0. The average molecular weight is 220 g/mol. The van der Waals surface area contributed by atoms with E-state index in [1.807, 2.05) is 30.3 Å². The molecule has 2 atom stereocenters. The van der Waals surface area contributed by atoms with Crippen LogP contribution in [0, 0.1) is 5.92 Å². The van der Waals surface area contributed by atoms with Gasteiger partial charge in [-0.1, -0.05) is 57.0 Å². The first kappa shape index (κ1) is 12.8. The number of carbonyl (C=O) groups is 1. The Morgan fingerprint density at radius 1 is 1.31 bits per heavy atom. The van der Waals surface area contributed by atoms with Gasteiger partial charge >= 0.3 is 5.97 Å². The minimum absolute atomic E-state index is 0.359. The van der Waals surface area contributed by atoms with E-state index in [0.717, 1.165) is 24.8 Å².